The average Bonchev–Trinajstić information content (AvgIpc) is 2.90. The van der Waals surface area contributed by atoms with Crippen LogP contribution in [-0.2, 0) is 10.2 Å². The van der Waals surface area contributed by atoms with E-state index in [2.05, 4.69) is 0 Å². The number of Topliss-reactive ketones (excluding diaryl/α,β-unsaturated/α-hetero) is 1. The van der Waals surface area contributed by atoms with Gasteiger partial charge < -0.3 is 19.7 Å². The van der Waals surface area contributed by atoms with Gasteiger partial charge in [-0.15, -0.1) is 0 Å². The molecule has 2 N–H and O–H groups in total. The molecule has 7 heteroatoms. The summed E-state index contributed by atoms with van der Waals surface area (Å²) in [6.07, 6.45) is 2.10. The third-order valence-electron chi connectivity index (χ3n) is 5.14. The van der Waals surface area contributed by atoms with Crippen molar-refractivity contribution in [3.8, 4) is 11.5 Å². The summed E-state index contributed by atoms with van der Waals surface area (Å²) in [4.78, 5) is 14.0. The second-order valence-electron chi connectivity index (χ2n) is 6.43. The average molecular weight is 329 g/mol. The summed E-state index contributed by atoms with van der Waals surface area (Å²) in [6, 6.07) is 4.70. The maximum atomic E-state index is 12.2. The Morgan fingerprint density at radius 3 is 2.58 bits per heavy atom. The minimum absolute atomic E-state index is 0.513. The molecule has 2 aliphatic rings. The fraction of sp³-hybridized carbons (Fsp3) is 0.471. The van der Waals surface area contributed by atoms with Crippen molar-refractivity contribution in [3.05, 3.63) is 35.6 Å². The van der Waals surface area contributed by atoms with E-state index >= 15 is 0 Å². The molecule has 0 aromatic heterocycles. The summed E-state index contributed by atoms with van der Waals surface area (Å²) >= 11 is 0. The van der Waals surface area contributed by atoms with Crippen molar-refractivity contribution in [1.29, 1.82) is 0 Å². The van der Waals surface area contributed by atoms with Gasteiger partial charge in [-0.2, -0.15) is 0 Å². The summed E-state index contributed by atoms with van der Waals surface area (Å²) in [5.74, 6) is -0.273. The van der Waals surface area contributed by atoms with Crippen molar-refractivity contribution in [2.24, 2.45) is 0 Å². The van der Waals surface area contributed by atoms with Gasteiger partial charge in [-0.1, -0.05) is 6.07 Å². The van der Waals surface area contributed by atoms with Gasteiger partial charge in [0.2, 0.25) is 5.78 Å². The van der Waals surface area contributed by atoms with Gasteiger partial charge in [-0.25, -0.2) is 0 Å². The first-order valence-electron chi connectivity index (χ1n) is 7.68. The number of hydrogen-bond acceptors (Lipinski definition) is 6. The lowest BCUT2D eigenvalue weighted by molar-refractivity contribution is -0.135. The topological polar surface area (TPSA) is 79.2 Å². The number of carbonyl (C=O) groups is 1. The zero-order valence-electron chi connectivity index (χ0n) is 13.9. The monoisotopic (exact) mass is 329 g/mol. The zero-order chi connectivity index (χ0) is 17.7. The molecule has 0 amide bonds. The molecule has 1 aromatic rings. The lowest BCUT2D eigenvalue weighted by Gasteiger charge is -2.46. The van der Waals surface area contributed by atoms with Gasteiger partial charge in [-0.05, 0) is 43.8 Å². The normalized spacial score (nSPS) is 33.1. The molecule has 126 valence electrons. The lowest BCUT2D eigenvalue weighted by atomic mass is 9.57. The molecule has 1 aliphatic heterocycles. The maximum Gasteiger partial charge on any atom is 0.220 e. The molecule has 6 nitrogen and oxygen atoms in total. The Balaban J connectivity index is 2.22. The number of likely N-dealkylation sites (N-methyl/N-ethyl adjacent to an activating group) is 1. The van der Waals surface area contributed by atoms with E-state index in [9.17, 15) is 15.0 Å². The van der Waals surface area contributed by atoms with Crippen LogP contribution in [0.2, 0.25) is 0 Å². The molecule has 1 heterocycles. The molecule has 3 atom stereocenters. The summed E-state index contributed by atoms with van der Waals surface area (Å²) in [6.45, 7) is 0.621. The summed E-state index contributed by atoms with van der Waals surface area (Å²) < 4.78 is 10.6. The molecule has 3 rings (SSSR count). The second kappa shape index (κ2) is 5.53. The van der Waals surface area contributed by atoms with Crippen LogP contribution in [0.15, 0.2) is 30.0 Å². The molecule has 24 heavy (non-hydrogen) atoms. The number of nitrogens with zero attached hydrogens (tertiary/aromatic N) is 1. The fourth-order valence-electron chi connectivity index (χ4n) is 4.05. The number of fused-ring (bicyclic) bond motifs is 1. The zero-order valence-corrected chi connectivity index (χ0v) is 13.9. The predicted molar refractivity (Wildman–Crippen MR) is 88.7 cm³/mol. The maximum absolute atomic E-state index is 12.2. The highest BCUT2D eigenvalue weighted by molar-refractivity contribution is 6.32. The molecule has 0 bridgehead atoms. The molecule has 2 radical (unpaired) electrons. The van der Waals surface area contributed by atoms with Crippen molar-refractivity contribution in [2.75, 3.05) is 27.8 Å². The summed E-state index contributed by atoms with van der Waals surface area (Å²) in [7, 11) is 10.8. The van der Waals surface area contributed by atoms with E-state index in [0.29, 0.717) is 24.5 Å². The van der Waals surface area contributed by atoms with E-state index in [1.165, 1.54) is 13.2 Å². The van der Waals surface area contributed by atoms with Gasteiger partial charge in [-0.3, -0.25) is 9.69 Å². The molecule has 0 saturated carbocycles. The fourth-order valence-corrected chi connectivity index (χ4v) is 4.05. The van der Waals surface area contributed by atoms with Gasteiger partial charge in [0.15, 0.2) is 17.3 Å². The van der Waals surface area contributed by atoms with Crippen molar-refractivity contribution < 1.29 is 24.5 Å². The van der Waals surface area contributed by atoms with Crippen LogP contribution in [0.4, 0.5) is 0 Å². The van der Waals surface area contributed by atoms with Crippen LogP contribution in [0.5, 0.6) is 11.5 Å². The number of aliphatic hydroxyl groups excluding tert-OH is 1. The van der Waals surface area contributed by atoms with Gasteiger partial charge in [0, 0.05) is 5.41 Å². The minimum Gasteiger partial charge on any atom is -0.505 e. The van der Waals surface area contributed by atoms with Crippen LogP contribution >= 0.6 is 0 Å². The number of aliphatic hydroxyl groups is 2. The second-order valence-corrected chi connectivity index (χ2v) is 6.43. The standard InChI is InChI=1S/C17H20BNO5/c1-19-7-6-16(9-11(20)14(21)17(18,22)15(16)19)10-4-5-12(23-2)13(8-10)24-3/h4-5,8-9,15,20,22H,6-7H2,1-3H3/t15?,16-,17?/m1/s1. The number of ether oxygens (including phenoxy) is 2. The first-order valence-corrected chi connectivity index (χ1v) is 7.68. The molecule has 0 spiro atoms. The molecule has 1 fully saturated rings. The van der Waals surface area contributed by atoms with Crippen molar-refractivity contribution in [1.82, 2.24) is 4.90 Å². The largest absolute Gasteiger partial charge is 0.505 e. The van der Waals surface area contributed by atoms with Crippen LogP contribution in [0.1, 0.15) is 12.0 Å². The van der Waals surface area contributed by atoms with Crippen LogP contribution in [0.3, 0.4) is 0 Å². The highest BCUT2D eigenvalue weighted by atomic mass is 16.5. The molecule has 1 aromatic carbocycles. The van der Waals surface area contributed by atoms with Crippen molar-refractivity contribution >= 4 is 13.6 Å². The van der Waals surface area contributed by atoms with E-state index in [4.69, 9.17) is 17.3 Å². The Morgan fingerprint density at radius 2 is 1.96 bits per heavy atom. The number of methoxy groups -OCH3 is 2. The Hall–Kier alpha value is -1.99. The Bertz CT molecular complexity index is 717. The lowest BCUT2D eigenvalue weighted by Crippen LogP contribution is -2.64. The van der Waals surface area contributed by atoms with E-state index in [1.54, 1.807) is 26.3 Å². The molecule has 1 aliphatic carbocycles. The van der Waals surface area contributed by atoms with Crippen molar-refractivity contribution in [3.63, 3.8) is 0 Å². The van der Waals surface area contributed by atoms with Crippen LogP contribution in [0.25, 0.3) is 0 Å². The summed E-state index contributed by atoms with van der Waals surface area (Å²) in [5.41, 5.74) is -2.18. The van der Waals surface area contributed by atoms with E-state index in [0.717, 1.165) is 5.56 Å². The third-order valence-corrected chi connectivity index (χ3v) is 5.14. The van der Waals surface area contributed by atoms with Crippen molar-refractivity contribution in [2.45, 2.75) is 23.4 Å². The van der Waals surface area contributed by atoms with E-state index in [-0.39, 0.29) is 0 Å². The quantitative estimate of drug-likeness (QED) is 0.788. The molecular formula is C17H20BNO5. The number of carbonyl (C=O) groups excluding carboxylic acids is 1. The predicted octanol–water partition coefficient (Wildman–Crippen LogP) is 0.527. The van der Waals surface area contributed by atoms with Crippen LogP contribution in [-0.4, -0.2) is 68.1 Å². The van der Waals surface area contributed by atoms with Gasteiger partial charge in [0.05, 0.1) is 20.3 Å². The number of rotatable bonds is 3. The first kappa shape index (κ1) is 16.9. The van der Waals surface area contributed by atoms with Gasteiger partial charge in [0.25, 0.3) is 0 Å². The van der Waals surface area contributed by atoms with E-state index < -0.39 is 28.5 Å². The minimum atomic E-state index is -2.17. The number of likely N-dealkylation sites (tertiary alicyclic amines) is 1. The van der Waals surface area contributed by atoms with Gasteiger partial charge in [0.1, 0.15) is 13.3 Å². The van der Waals surface area contributed by atoms with Crippen LogP contribution < -0.4 is 9.47 Å². The number of hydrogen-bond donors (Lipinski definition) is 2. The smallest absolute Gasteiger partial charge is 0.220 e. The highest BCUT2D eigenvalue weighted by Crippen LogP contribution is 2.49. The highest BCUT2D eigenvalue weighted by Gasteiger charge is 2.60. The Kier molecular flexibility index (Phi) is 3.88. The van der Waals surface area contributed by atoms with Crippen LogP contribution in [0, 0.1) is 0 Å². The SMILES string of the molecule is [B]C1(O)C(=O)C(O)=C[C@@]2(c3ccc(OC)c(OC)c3)CCN(C)C12. The third kappa shape index (κ3) is 2.15. The Labute approximate surface area is 142 Å². The molecular weight excluding hydrogens is 309 g/mol. The Morgan fingerprint density at radius 1 is 1.29 bits per heavy atom. The molecule has 1 saturated heterocycles. The first-order chi connectivity index (χ1) is 11.3. The number of ketones is 1. The summed E-state index contributed by atoms with van der Waals surface area (Å²) in [5, 5.41) is 20.7. The van der Waals surface area contributed by atoms with Gasteiger partial charge >= 0.3 is 0 Å². The van der Waals surface area contributed by atoms with E-state index in [1.807, 2.05) is 11.0 Å². The molecule has 2 unspecified atom stereocenters. The number of benzene rings is 1.